The Balaban J connectivity index is 2.52. The van der Waals surface area contributed by atoms with Gasteiger partial charge in [-0.1, -0.05) is 0 Å². The predicted octanol–water partition coefficient (Wildman–Crippen LogP) is 3.41. The second-order valence-corrected chi connectivity index (χ2v) is 3.80. The van der Waals surface area contributed by atoms with Gasteiger partial charge in [-0.25, -0.2) is 8.78 Å². The maximum Gasteiger partial charge on any atom is 0.199 e. The molecule has 1 aromatic carbocycles. The molecule has 0 N–H and O–H groups in total. The summed E-state index contributed by atoms with van der Waals surface area (Å²) in [5.41, 5.74) is 0.374. The summed E-state index contributed by atoms with van der Waals surface area (Å²) in [5.74, 6) is -1.62. The van der Waals surface area contributed by atoms with Gasteiger partial charge in [-0.15, -0.1) is 0 Å². The Morgan fingerprint density at radius 3 is 2.41 bits per heavy atom. The first-order valence-corrected chi connectivity index (χ1v) is 5.05. The number of carbonyl (C=O) groups excluding carboxylic acids is 1. The number of furan rings is 1. The maximum absolute atomic E-state index is 13.5. The van der Waals surface area contributed by atoms with Crippen molar-refractivity contribution in [3.8, 4) is 0 Å². The lowest BCUT2D eigenvalue weighted by atomic mass is 10.0. The fourth-order valence-corrected chi connectivity index (χ4v) is 1.60. The van der Waals surface area contributed by atoms with Crippen molar-refractivity contribution < 1.29 is 18.0 Å². The molecule has 1 heterocycles. The summed E-state index contributed by atoms with van der Waals surface area (Å²) in [6, 6.07) is 3.40. The highest BCUT2D eigenvalue weighted by atomic mass is 19.1. The molecule has 88 valence electrons. The first-order valence-electron chi connectivity index (χ1n) is 5.05. The van der Waals surface area contributed by atoms with Crippen molar-refractivity contribution in [1.82, 2.24) is 0 Å². The molecule has 0 amide bonds. The van der Waals surface area contributed by atoms with Crippen LogP contribution in [0.3, 0.4) is 0 Å². The average molecular weight is 236 g/mol. The van der Waals surface area contributed by atoms with Gasteiger partial charge in [-0.2, -0.15) is 0 Å². The molecule has 0 atom stereocenters. The summed E-state index contributed by atoms with van der Waals surface area (Å²) < 4.78 is 31.6. The minimum absolute atomic E-state index is 0.145. The number of halogens is 2. The first kappa shape index (κ1) is 11.5. The van der Waals surface area contributed by atoms with Gasteiger partial charge in [-0.3, -0.25) is 4.79 Å². The molecule has 2 rings (SSSR count). The van der Waals surface area contributed by atoms with E-state index in [1.165, 1.54) is 25.3 Å². The third kappa shape index (κ3) is 1.98. The second kappa shape index (κ2) is 4.13. The van der Waals surface area contributed by atoms with E-state index < -0.39 is 17.4 Å². The Morgan fingerprint density at radius 2 is 1.82 bits per heavy atom. The monoisotopic (exact) mass is 236 g/mol. The highest BCUT2D eigenvalue weighted by Crippen LogP contribution is 2.20. The van der Waals surface area contributed by atoms with E-state index in [1.54, 1.807) is 6.92 Å². The first-order chi connectivity index (χ1) is 8.00. The summed E-state index contributed by atoms with van der Waals surface area (Å²) in [6.07, 6.45) is 1.36. The Labute approximate surface area is 96.9 Å². The highest BCUT2D eigenvalue weighted by Gasteiger charge is 2.19. The molecule has 0 spiro atoms. The molecule has 0 aliphatic heterocycles. The van der Waals surface area contributed by atoms with Gasteiger partial charge in [0.25, 0.3) is 0 Å². The van der Waals surface area contributed by atoms with Crippen LogP contribution < -0.4 is 0 Å². The third-order valence-corrected chi connectivity index (χ3v) is 2.60. The summed E-state index contributed by atoms with van der Waals surface area (Å²) in [5, 5.41) is 0. The van der Waals surface area contributed by atoms with Gasteiger partial charge < -0.3 is 4.42 Å². The van der Waals surface area contributed by atoms with Gasteiger partial charge in [0.15, 0.2) is 5.78 Å². The van der Waals surface area contributed by atoms with E-state index >= 15 is 0 Å². The smallest absolute Gasteiger partial charge is 0.199 e. The molecular formula is C13H10F2O2. The van der Waals surface area contributed by atoms with Crippen LogP contribution in [0.4, 0.5) is 8.78 Å². The van der Waals surface area contributed by atoms with Crippen molar-refractivity contribution in [2.24, 2.45) is 0 Å². The van der Waals surface area contributed by atoms with Gasteiger partial charge >= 0.3 is 0 Å². The Kier molecular flexibility index (Phi) is 2.79. The topological polar surface area (TPSA) is 30.2 Å². The van der Waals surface area contributed by atoms with E-state index in [1.807, 2.05) is 0 Å². The Hall–Kier alpha value is -1.97. The SMILES string of the molecule is Cc1cc(C(=O)c2ccoc2C)c(F)cc1F. The number of benzene rings is 1. The zero-order valence-electron chi connectivity index (χ0n) is 9.38. The van der Waals surface area contributed by atoms with Crippen LogP contribution in [0.25, 0.3) is 0 Å². The fraction of sp³-hybridized carbons (Fsp3) is 0.154. The average Bonchev–Trinajstić information content (AvgIpc) is 2.69. The van der Waals surface area contributed by atoms with E-state index in [2.05, 4.69) is 0 Å². The molecule has 17 heavy (non-hydrogen) atoms. The van der Waals surface area contributed by atoms with Crippen LogP contribution in [0.2, 0.25) is 0 Å². The van der Waals surface area contributed by atoms with Crippen LogP contribution in [-0.2, 0) is 0 Å². The molecule has 0 saturated heterocycles. The van der Waals surface area contributed by atoms with E-state index in [-0.39, 0.29) is 16.7 Å². The molecule has 0 fully saturated rings. The number of hydrogen-bond donors (Lipinski definition) is 0. The van der Waals surface area contributed by atoms with Crippen LogP contribution in [0, 0.1) is 25.5 Å². The lowest BCUT2D eigenvalue weighted by molar-refractivity contribution is 0.103. The third-order valence-electron chi connectivity index (χ3n) is 2.60. The van der Waals surface area contributed by atoms with Crippen LogP contribution in [0.15, 0.2) is 28.9 Å². The van der Waals surface area contributed by atoms with Crippen LogP contribution >= 0.6 is 0 Å². The van der Waals surface area contributed by atoms with Crippen molar-refractivity contribution in [3.63, 3.8) is 0 Å². The maximum atomic E-state index is 13.5. The fourth-order valence-electron chi connectivity index (χ4n) is 1.60. The quantitative estimate of drug-likeness (QED) is 0.748. The predicted molar refractivity (Wildman–Crippen MR) is 58.0 cm³/mol. The number of hydrogen-bond acceptors (Lipinski definition) is 2. The Bertz CT molecular complexity index is 585. The number of rotatable bonds is 2. The molecule has 0 saturated carbocycles. The number of ketones is 1. The standard InChI is InChI=1S/C13H10F2O2/c1-7-5-10(12(15)6-11(7)14)13(16)9-3-4-17-8(9)2/h3-6H,1-2H3. The van der Waals surface area contributed by atoms with Crippen molar-refractivity contribution in [1.29, 1.82) is 0 Å². The zero-order chi connectivity index (χ0) is 12.6. The lowest BCUT2D eigenvalue weighted by Crippen LogP contribution is -2.06. The molecule has 4 heteroatoms. The van der Waals surface area contributed by atoms with Gasteiger partial charge in [0.1, 0.15) is 17.4 Å². The molecule has 2 nitrogen and oxygen atoms in total. The Morgan fingerprint density at radius 1 is 1.12 bits per heavy atom. The van der Waals surface area contributed by atoms with E-state index in [0.29, 0.717) is 5.76 Å². The van der Waals surface area contributed by atoms with Crippen molar-refractivity contribution >= 4 is 5.78 Å². The number of carbonyl (C=O) groups is 1. The van der Waals surface area contributed by atoms with E-state index in [9.17, 15) is 13.6 Å². The van der Waals surface area contributed by atoms with Crippen molar-refractivity contribution in [3.05, 3.63) is 58.5 Å². The van der Waals surface area contributed by atoms with Gasteiger partial charge in [0, 0.05) is 6.07 Å². The summed E-state index contributed by atoms with van der Waals surface area (Å²) >= 11 is 0. The van der Waals surface area contributed by atoms with Gasteiger partial charge in [-0.05, 0) is 31.5 Å². The van der Waals surface area contributed by atoms with Crippen LogP contribution in [-0.4, -0.2) is 5.78 Å². The molecule has 0 aliphatic carbocycles. The molecular weight excluding hydrogens is 226 g/mol. The molecule has 0 radical (unpaired) electrons. The molecule has 0 unspecified atom stereocenters. The van der Waals surface area contributed by atoms with E-state index in [0.717, 1.165) is 6.07 Å². The second-order valence-electron chi connectivity index (χ2n) is 3.80. The summed E-state index contributed by atoms with van der Waals surface area (Å²) in [6.45, 7) is 3.09. The molecule has 0 aliphatic rings. The van der Waals surface area contributed by atoms with Crippen LogP contribution in [0.1, 0.15) is 27.2 Å². The normalized spacial score (nSPS) is 10.6. The number of aryl methyl sites for hydroxylation is 2. The van der Waals surface area contributed by atoms with Crippen molar-refractivity contribution in [2.75, 3.05) is 0 Å². The van der Waals surface area contributed by atoms with E-state index in [4.69, 9.17) is 4.42 Å². The highest BCUT2D eigenvalue weighted by molar-refractivity contribution is 6.09. The summed E-state index contributed by atoms with van der Waals surface area (Å²) in [4.78, 5) is 12.0. The largest absolute Gasteiger partial charge is 0.469 e. The van der Waals surface area contributed by atoms with Gasteiger partial charge in [0.05, 0.1) is 17.4 Å². The minimum Gasteiger partial charge on any atom is -0.469 e. The minimum atomic E-state index is -0.862. The van der Waals surface area contributed by atoms with Crippen LogP contribution in [0.5, 0.6) is 0 Å². The van der Waals surface area contributed by atoms with Gasteiger partial charge in [0.2, 0.25) is 0 Å². The zero-order valence-corrected chi connectivity index (χ0v) is 9.38. The molecule has 0 bridgehead atoms. The summed E-state index contributed by atoms with van der Waals surface area (Å²) in [7, 11) is 0. The molecule has 1 aromatic heterocycles. The van der Waals surface area contributed by atoms with Crippen molar-refractivity contribution in [2.45, 2.75) is 13.8 Å². The molecule has 2 aromatic rings. The lowest BCUT2D eigenvalue weighted by Gasteiger charge is -2.04.